The fourth-order valence-electron chi connectivity index (χ4n) is 7.45. The van der Waals surface area contributed by atoms with E-state index in [4.69, 9.17) is 4.74 Å². The standard InChI is InChI=1S/C43H52FN3O5/c1-27-22-28(2)29(3)38(23-27)52-21-18-31-6-10-32(11-7-31)36-24-34-25-46(39(48)16-19-43(4,5)42(50)51)26-37(45-34)40(36)41(49)47(35-14-15-35)20-17-30-8-12-33(44)13-9-30/h6-13,22-23,34-35,37,45H,14-21,24-26H2,1-5H3,(H,50,51)/t34-,37-/m1/s1. The average Bonchev–Trinajstić information content (AvgIpc) is 3.95. The lowest BCUT2D eigenvalue weighted by Crippen LogP contribution is -2.62. The Balaban J connectivity index is 1.24. The van der Waals surface area contributed by atoms with E-state index in [1.54, 1.807) is 26.0 Å². The van der Waals surface area contributed by atoms with Gasteiger partial charge in [-0.2, -0.15) is 0 Å². The summed E-state index contributed by atoms with van der Waals surface area (Å²) in [6.07, 6.45) is 4.23. The molecule has 2 bridgehead atoms. The first-order valence-corrected chi connectivity index (χ1v) is 18.6. The molecule has 3 aromatic carbocycles. The lowest BCUT2D eigenvalue weighted by Gasteiger charge is -2.45. The predicted octanol–water partition coefficient (Wildman–Crippen LogP) is 6.82. The molecule has 2 heterocycles. The van der Waals surface area contributed by atoms with E-state index >= 15 is 0 Å². The third-order valence-corrected chi connectivity index (χ3v) is 11.0. The number of piperazine rings is 1. The second-order valence-electron chi connectivity index (χ2n) is 15.6. The molecule has 2 aliphatic heterocycles. The molecule has 52 heavy (non-hydrogen) atoms. The monoisotopic (exact) mass is 709 g/mol. The van der Waals surface area contributed by atoms with Crippen LogP contribution in [0, 0.1) is 32.0 Å². The molecule has 0 unspecified atom stereocenters. The maximum Gasteiger partial charge on any atom is 0.309 e. The summed E-state index contributed by atoms with van der Waals surface area (Å²) in [6, 6.07) is 18.9. The summed E-state index contributed by atoms with van der Waals surface area (Å²) in [6.45, 7) is 11.5. The lowest BCUT2D eigenvalue weighted by atomic mass is 9.82. The molecule has 0 aromatic heterocycles. The second-order valence-corrected chi connectivity index (χ2v) is 15.6. The minimum atomic E-state index is -1.00. The molecule has 2 atom stereocenters. The van der Waals surface area contributed by atoms with Crippen molar-refractivity contribution in [3.8, 4) is 5.75 Å². The number of ether oxygens (including phenoxy) is 1. The first-order valence-electron chi connectivity index (χ1n) is 18.6. The highest BCUT2D eigenvalue weighted by Gasteiger charge is 2.43. The number of carboxylic acids is 1. The Labute approximate surface area is 307 Å². The number of carboxylic acid groups (broad SMARTS) is 1. The van der Waals surface area contributed by atoms with Crippen LogP contribution < -0.4 is 10.1 Å². The number of halogens is 1. The van der Waals surface area contributed by atoms with Crippen LogP contribution in [0.15, 0.2) is 66.2 Å². The van der Waals surface area contributed by atoms with Crippen LogP contribution in [0.25, 0.3) is 5.57 Å². The molecule has 2 fully saturated rings. The number of aliphatic carboxylic acids is 1. The minimum Gasteiger partial charge on any atom is -0.493 e. The van der Waals surface area contributed by atoms with Crippen molar-refractivity contribution in [3.05, 3.63) is 105 Å². The van der Waals surface area contributed by atoms with Crippen molar-refractivity contribution in [2.75, 3.05) is 26.2 Å². The van der Waals surface area contributed by atoms with Crippen LogP contribution in [-0.2, 0) is 27.2 Å². The molecule has 8 nitrogen and oxygen atoms in total. The maximum absolute atomic E-state index is 14.7. The van der Waals surface area contributed by atoms with Crippen LogP contribution >= 0.6 is 0 Å². The molecule has 0 radical (unpaired) electrons. The van der Waals surface area contributed by atoms with E-state index in [-0.39, 0.29) is 48.6 Å². The van der Waals surface area contributed by atoms with Gasteiger partial charge in [0, 0.05) is 50.1 Å². The summed E-state index contributed by atoms with van der Waals surface area (Å²) >= 11 is 0. The van der Waals surface area contributed by atoms with Crippen molar-refractivity contribution in [1.82, 2.24) is 15.1 Å². The molecule has 2 N–H and O–H groups in total. The summed E-state index contributed by atoms with van der Waals surface area (Å²) < 4.78 is 19.8. The quantitative estimate of drug-likeness (QED) is 0.191. The molecule has 2 amide bonds. The van der Waals surface area contributed by atoms with Gasteiger partial charge in [0.25, 0.3) is 5.91 Å². The SMILES string of the molecule is Cc1cc(C)c(C)c(OCCc2ccc(C3=C(C(=O)N(CCc4ccc(F)cc4)C4CC4)[C@H]4CN(C(=O)CCC(C)(C)C(=O)O)C[C@@H](C3)N4)cc2)c1. The molecule has 1 saturated carbocycles. The summed E-state index contributed by atoms with van der Waals surface area (Å²) in [5.41, 5.74) is 7.39. The van der Waals surface area contributed by atoms with Gasteiger partial charge < -0.3 is 25.0 Å². The van der Waals surface area contributed by atoms with Gasteiger partial charge in [0.15, 0.2) is 0 Å². The van der Waals surface area contributed by atoms with Gasteiger partial charge in [-0.1, -0.05) is 42.5 Å². The van der Waals surface area contributed by atoms with Crippen molar-refractivity contribution in [1.29, 1.82) is 0 Å². The summed E-state index contributed by atoms with van der Waals surface area (Å²) in [7, 11) is 0. The molecule has 0 spiro atoms. The number of amides is 2. The van der Waals surface area contributed by atoms with Crippen molar-refractivity contribution in [3.63, 3.8) is 0 Å². The molecule has 3 aliphatic rings. The largest absolute Gasteiger partial charge is 0.493 e. The van der Waals surface area contributed by atoms with Crippen LogP contribution in [0.3, 0.4) is 0 Å². The van der Waals surface area contributed by atoms with Crippen molar-refractivity contribution in [2.45, 2.75) is 97.7 Å². The molecule has 1 saturated heterocycles. The first-order chi connectivity index (χ1) is 24.8. The molecular formula is C43H52FN3O5. The van der Waals surface area contributed by atoms with Crippen LogP contribution in [0.5, 0.6) is 5.75 Å². The Bertz CT molecular complexity index is 1830. The zero-order valence-electron chi connectivity index (χ0n) is 31.1. The number of aryl methyl sites for hydroxylation is 2. The highest BCUT2D eigenvalue weighted by atomic mass is 19.1. The first kappa shape index (κ1) is 37.3. The summed E-state index contributed by atoms with van der Waals surface area (Å²) in [5.74, 6) is -0.387. The number of fused-ring (bicyclic) bond motifs is 2. The highest BCUT2D eigenvalue weighted by molar-refractivity contribution is 6.03. The summed E-state index contributed by atoms with van der Waals surface area (Å²) in [4.78, 5) is 43.7. The van der Waals surface area contributed by atoms with Gasteiger partial charge in [-0.15, -0.1) is 0 Å². The Morgan fingerprint density at radius 2 is 1.63 bits per heavy atom. The highest BCUT2D eigenvalue weighted by Crippen LogP contribution is 2.37. The third kappa shape index (κ3) is 8.75. The van der Waals surface area contributed by atoms with Crippen molar-refractivity contribution < 1.29 is 28.6 Å². The normalized spacial score (nSPS) is 18.7. The van der Waals surface area contributed by atoms with Gasteiger partial charge in [-0.25, -0.2) is 4.39 Å². The smallest absolute Gasteiger partial charge is 0.309 e. The fourth-order valence-corrected chi connectivity index (χ4v) is 7.45. The van der Waals surface area contributed by atoms with Gasteiger partial charge in [0.1, 0.15) is 11.6 Å². The molecule has 3 aromatic rings. The van der Waals surface area contributed by atoms with E-state index in [9.17, 15) is 23.9 Å². The van der Waals surface area contributed by atoms with Crippen molar-refractivity contribution in [2.24, 2.45) is 5.41 Å². The van der Waals surface area contributed by atoms with E-state index in [2.05, 4.69) is 62.5 Å². The fraction of sp³-hybridized carbons (Fsp3) is 0.465. The Kier molecular flexibility index (Phi) is 11.2. The molecule has 6 rings (SSSR count). The molecule has 276 valence electrons. The molecular weight excluding hydrogens is 657 g/mol. The second kappa shape index (κ2) is 15.6. The Hall–Kier alpha value is -4.50. The predicted molar refractivity (Wildman–Crippen MR) is 201 cm³/mol. The number of carbonyl (C=O) groups excluding carboxylic acids is 2. The number of rotatable bonds is 14. The van der Waals surface area contributed by atoms with Crippen LogP contribution in [0.4, 0.5) is 4.39 Å². The Morgan fingerprint density at radius 1 is 0.962 bits per heavy atom. The van der Waals surface area contributed by atoms with Crippen LogP contribution in [0.2, 0.25) is 0 Å². The zero-order chi connectivity index (χ0) is 37.2. The van der Waals surface area contributed by atoms with E-state index in [1.165, 1.54) is 23.3 Å². The number of carbonyl (C=O) groups is 3. The van der Waals surface area contributed by atoms with Gasteiger partial charge in [0.05, 0.1) is 18.1 Å². The minimum absolute atomic E-state index is 0.0156. The average molecular weight is 710 g/mol. The third-order valence-electron chi connectivity index (χ3n) is 11.0. The lowest BCUT2D eigenvalue weighted by molar-refractivity contribution is -0.148. The molecule has 1 aliphatic carbocycles. The maximum atomic E-state index is 14.7. The zero-order valence-corrected chi connectivity index (χ0v) is 31.1. The van der Waals surface area contributed by atoms with E-state index in [0.29, 0.717) is 44.7 Å². The van der Waals surface area contributed by atoms with Gasteiger partial charge >= 0.3 is 5.97 Å². The van der Waals surface area contributed by atoms with Gasteiger partial charge in [-0.3, -0.25) is 14.4 Å². The van der Waals surface area contributed by atoms with Crippen molar-refractivity contribution >= 4 is 23.4 Å². The van der Waals surface area contributed by atoms with Gasteiger partial charge in [0.2, 0.25) is 5.91 Å². The Morgan fingerprint density at radius 3 is 2.31 bits per heavy atom. The van der Waals surface area contributed by atoms with E-state index in [0.717, 1.165) is 52.8 Å². The number of nitrogens with one attached hydrogen (secondary N) is 1. The topological polar surface area (TPSA) is 99.2 Å². The number of hydrogen-bond acceptors (Lipinski definition) is 5. The van der Waals surface area contributed by atoms with Crippen LogP contribution in [0.1, 0.15) is 79.3 Å². The van der Waals surface area contributed by atoms with E-state index < -0.39 is 11.4 Å². The number of nitrogens with zero attached hydrogens (tertiary/aromatic N) is 2. The molecule has 9 heteroatoms. The van der Waals surface area contributed by atoms with Crippen LogP contribution in [-0.4, -0.2) is 77.1 Å². The number of benzene rings is 3. The summed E-state index contributed by atoms with van der Waals surface area (Å²) in [5, 5.41) is 13.3. The van der Waals surface area contributed by atoms with E-state index in [1.807, 2.05) is 9.80 Å². The number of hydrogen-bond donors (Lipinski definition) is 2. The van der Waals surface area contributed by atoms with Gasteiger partial charge in [-0.05, 0) is 124 Å².